The number of aryl methyl sites for hydroxylation is 1. The molecule has 1 amide bonds. The molecule has 0 saturated heterocycles. The van der Waals surface area contributed by atoms with E-state index in [2.05, 4.69) is 22.4 Å². The molecule has 6 nitrogen and oxygen atoms in total. The Hall–Kier alpha value is -2.72. The number of hydrogen-bond acceptors (Lipinski definition) is 5. The summed E-state index contributed by atoms with van der Waals surface area (Å²) in [6.45, 7) is 6.41. The lowest BCUT2D eigenvalue weighted by Crippen LogP contribution is -2.16. The summed E-state index contributed by atoms with van der Waals surface area (Å²) >= 11 is 7.07. The zero-order chi connectivity index (χ0) is 24.9. The average molecular weight is 513 g/mol. The standard InChI is InChI=1S/C23H24ClF3N4O2S/c1-4-15-6-9-17(10-7-15)33-14(3)21-29-30-22(31(21)5-2)34-13-20(32)28-19-12-16(23(25,26)27)8-11-18(19)24/h6-12,14H,4-5,13H2,1-3H3,(H,28,32). The monoisotopic (exact) mass is 512 g/mol. The molecule has 0 radical (unpaired) electrons. The van der Waals surface area contributed by atoms with E-state index >= 15 is 0 Å². The van der Waals surface area contributed by atoms with Gasteiger partial charge in [0.1, 0.15) is 5.75 Å². The maximum Gasteiger partial charge on any atom is 0.416 e. The lowest BCUT2D eigenvalue weighted by Gasteiger charge is -2.16. The van der Waals surface area contributed by atoms with E-state index in [9.17, 15) is 18.0 Å². The Morgan fingerprint density at radius 3 is 2.50 bits per heavy atom. The molecule has 34 heavy (non-hydrogen) atoms. The predicted octanol–water partition coefficient (Wildman–Crippen LogP) is 6.40. The molecule has 0 fully saturated rings. The number of aromatic nitrogens is 3. The van der Waals surface area contributed by atoms with Crippen LogP contribution in [0.3, 0.4) is 0 Å². The van der Waals surface area contributed by atoms with Crippen LogP contribution < -0.4 is 10.1 Å². The molecule has 1 aromatic heterocycles. The molecule has 0 aliphatic heterocycles. The van der Waals surface area contributed by atoms with Crippen molar-refractivity contribution < 1.29 is 22.7 Å². The Balaban J connectivity index is 1.65. The SMILES string of the molecule is CCc1ccc(OC(C)c2nnc(SCC(=O)Nc3cc(C(F)(F)F)ccc3Cl)n2CC)cc1. The number of rotatable bonds is 9. The van der Waals surface area contributed by atoms with Crippen LogP contribution in [0, 0.1) is 0 Å². The van der Waals surface area contributed by atoms with Gasteiger partial charge in [0.05, 0.1) is 22.0 Å². The van der Waals surface area contributed by atoms with Gasteiger partial charge in [-0.05, 0) is 56.2 Å². The minimum atomic E-state index is -4.54. The molecule has 0 aliphatic carbocycles. The second kappa shape index (κ2) is 11.1. The van der Waals surface area contributed by atoms with Gasteiger partial charge in [-0.3, -0.25) is 4.79 Å². The minimum absolute atomic E-state index is 0.0169. The highest BCUT2D eigenvalue weighted by Gasteiger charge is 2.31. The van der Waals surface area contributed by atoms with E-state index in [4.69, 9.17) is 16.3 Å². The topological polar surface area (TPSA) is 69.0 Å². The van der Waals surface area contributed by atoms with Crippen molar-refractivity contribution in [3.63, 3.8) is 0 Å². The van der Waals surface area contributed by atoms with Crippen molar-refractivity contribution in [1.29, 1.82) is 0 Å². The average Bonchev–Trinajstić information content (AvgIpc) is 3.22. The van der Waals surface area contributed by atoms with Gasteiger partial charge in [-0.1, -0.05) is 42.4 Å². The highest BCUT2D eigenvalue weighted by molar-refractivity contribution is 7.99. The summed E-state index contributed by atoms with van der Waals surface area (Å²) < 4.78 is 46.6. The number of ether oxygens (including phenoxy) is 1. The number of halogens is 4. The number of hydrogen-bond donors (Lipinski definition) is 1. The van der Waals surface area contributed by atoms with Crippen molar-refractivity contribution in [3.8, 4) is 5.75 Å². The van der Waals surface area contributed by atoms with E-state index in [1.165, 1.54) is 5.56 Å². The third-order valence-corrected chi connectivity index (χ3v) is 6.27. The van der Waals surface area contributed by atoms with Crippen molar-refractivity contribution in [2.24, 2.45) is 0 Å². The van der Waals surface area contributed by atoms with Gasteiger partial charge >= 0.3 is 6.18 Å². The third-order valence-electron chi connectivity index (χ3n) is 4.97. The molecular formula is C23H24ClF3N4O2S. The quantitative estimate of drug-likeness (QED) is 0.336. The number of nitrogens with zero attached hydrogens (tertiary/aromatic N) is 3. The van der Waals surface area contributed by atoms with Crippen molar-refractivity contribution in [2.45, 2.75) is 51.2 Å². The van der Waals surface area contributed by atoms with Crippen LogP contribution in [0.2, 0.25) is 5.02 Å². The number of anilines is 1. The lowest BCUT2D eigenvalue weighted by atomic mass is 10.2. The summed E-state index contributed by atoms with van der Waals surface area (Å²) in [4.78, 5) is 12.4. The molecule has 182 valence electrons. The summed E-state index contributed by atoms with van der Waals surface area (Å²) in [5, 5.41) is 11.3. The number of carbonyl (C=O) groups is 1. The molecule has 1 atom stereocenters. The van der Waals surface area contributed by atoms with Gasteiger partial charge in [0.15, 0.2) is 17.1 Å². The maximum absolute atomic E-state index is 12.9. The first-order valence-corrected chi connectivity index (χ1v) is 12.0. The third kappa shape index (κ3) is 6.44. The number of benzene rings is 2. The van der Waals surface area contributed by atoms with Crippen LogP contribution in [0.4, 0.5) is 18.9 Å². The molecule has 1 heterocycles. The van der Waals surface area contributed by atoms with Crippen molar-refractivity contribution in [2.75, 3.05) is 11.1 Å². The van der Waals surface area contributed by atoms with Crippen molar-refractivity contribution in [1.82, 2.24) is 14.8 Å². The van der Waals surface area contributed by atoms with Gasteiger partial charge in [0.2, 0.25) is 5.91 Å². The first kappa shape index (κ1) is 25.9. The van der Waals surface area contributed by atoms with E-state index in [0.717, 1.165) is 36.4 Å². The Morgan fingerprint density at radius 2 is 1.88 bits per heavy atom. The Kier molecular flexibility index (Phi) is 8.48. The Morgan fingerprint density at radius 1 is 1.18 bits per heavy atom. The first-order chi connectivity index (χ1) is 16.1. The summed E-state index contributed by atoms with van der Waals surface area (Å²) in [7, 11) is 0. The van der Waals surface area contributed by atoms with Crippen LogP contribution in [0.1, 0.15) is 43.8 Å². The van der Waals surface area contributed by atoms with Gasteiger partial charge < -0.3 is 14.6 Å². The molecule has 2 aromatic carbocycles. The van der Waals surface area contributed by atoms with Crippen LogP contribution in [-0.4, -0.2) is 26.4 Å². The fourth-order valence-electron chi connectivity index (χ4n) is 3.18. The summed E-state index contributed by atoms with van der Waals surface area (Å²) in [5.74, 6) is 0.713. The van der Waals surface area contributed by atoms with E-state index in [1.54, 1.807) is 0 Å². The molecule has 3 aromatic rings. The summed E-state index contributed by atoms with van der Waals surface area (Å²) in [6, 6.07) is 10.6. The predicted molar refractivity (Wildman–Crippen MR) is 126 cm³/mol. The number of nitrogens with one attached hydrogen (secondary N) is 1. The zero-order valence-electron chi connectivity index (χ0n) is 18.8. The fourth-order valence-corrected chi connectivity index (χ4v) is 4.15. The Labute approximate surface area is 204 Å². The van der Waals surface area contributed by atoms with Crippen LogP contribution in [-0.2, 0) is 23.9 Å². The van der Waals surface area contributed by atoms with Crippen LogP contribution in [0.15, 0.2) is 47.6 Å². The summed E-state index contributed by atoms with van der Waals surface area (Å²) in [6.07, 6.45) is -3.98. The highest BCUT2D eigenvalue weighted by Crippen LogP contribution is 2.34. The van der Waals surface area contributed by atoms with Gasteiger partial charge in [0.25, 0.3) is 0 Å². The largest absolute Gasteiger partial charge is 0.483 e. The molecule has 0 saturated carbocycles. The van der Waals surface area contributed by atoms with E-state index in [1.807, 2.05) is 42.7 Å². The van der Waals surface area contributed by atoms with Crippen LogP contribution >= 0.6 is 23.4 Å². The molecule has 0 spiro atoms. The second-order valence-electron chi connectivity index (χ2n) is 7.37. The van der Waals surface area contributed by atoms with Crippen molar-refractivity contribution >= 4 is 35.0 Å². The van der Waals surface area contributed by atoms with Gasteiger partial charge in [-0.25, -0.2) is 0 Å². The number of alkyl halides is 3. The Bertz CT molecular complexity index is 1140. The highest BCUT2D eigenvalue weighted by atomic mass is 35.5. The smallest absolute Gasteiger partial charge is 0.416 e. The molecule has 1 N–H and O–H groups in total. The van der Waals surface area contributed by atoms with E-state index < -0.39 is 17.6 Å². The molecule has 0 aliphatic rings. The number of thioether (sulfide) groups is 1. The van der Waals surface area contributed by atoms with Crippen LogP contribution in [0.5, 0.6) is 5.75 Å². The van der Waals surface area contributed by atoms with Gasteiger partial charge in [-0.2, -0.15) is 13.2 Å². The summed E-state index contributed by atoms with van der Waals surface area (Å²) in [5.41, 5.74) is 0.213. The van der Waals surface area contributed by atoms with E-state index in [-0.39, 0.29) is 22.6 Å². The van der Waals surface area contributed by atoms with Gasteiger partial charge in [-0.15, -0.1) is 10.2 Å². The normalized spacial score (nSPS) is 12.4. The fraction of sp³-hybridized carbons (Fsp3) is 0.348. The zero-order valence-corrected chi connectivity index (χ0v) is 20.4. The van der Waals surface area contributed by atoms with E-state index in [0.29, 0.717) is 23.3 Å². The first-order valence-electron chi connectivity index (χ1n) is 10.6. The maximum atomic E-state index is 12.9. The molecular weight excluding hydrogens is 489 g/mol. The lowest BCUT2D eigenvalue weighted by molar-refractivity contribution is -0.137. The number of carbonyl (C=O) groups excluding carboxylic acids is 1. The minimum Gasteiger partial charge on any atom is -0.483 e. The van der Waals surface area contributed by atoms with Crippen molar-refractivity contribution in [3.05, 3.63) is 64.4 Å². The molecule has 0 bridgehead atoms. The molecule has 3 rings (SSSR count). The molecule has 1 unspecified atom stereocenters. The number of amides is 1. The molecule has 11 heteroatoms. The van der Waals surface area contributed by atoms with Crippen LogP contribution in [0.25, 0.3) is 0 Å². The second-order valence-corrected chi connectivity index (χ2v) is 8.72. The van der Waals surface area contributed by atoms with Gasteiger partial charge in [0, 0.05) is 6.54 Å².